The summed E-state index contributed by atoms with van der Waals surface area (Å²) in [5.74, 6) is 0.856. The molecule has 84 valence electrons. The van der Waals surface area contributed by atoms with Crippen LogP contribution in [0, 0.1) is 0 Å². The van der Waals surface area contributed by atoms with E-state index in [0.717, 1.165) is 43.9 Å². The van der Waals surface area contributed by atoms with Gasteiger partial charge in [0.15, 0.2) is 0 Å². The van der Waals surface area contributed by atoms with Gasteiger partial charge in [0.1, 0.15) is 11.9 Å². The van der Waals surface area contributed by atoms with Crippen LogP contribution in [-0.2, 0) is 13.0 Å². The number of imidazole rings is 1. The molecule has 2 rings (SSSR count). The highest BCUT2D eigenvalue weighted by Crippen LogP contribution is 2.23. The van der Waals surface area contributed by atoms with Gasteiger partial charge in [0.25, 0.3) is 0 Å². The molecule has 0 amide bonds. The molecule has 0 bridgehead atoms. The lowest BCUT2D eigenvalue weighted by Gasteiger charge is -2.18. The van der Waals surface area contributed by atoms with Gasteiger partial charge in [0, 0.05) is 25.7 Å². The first kappa shape index (κ1) is 10.6. The fraction of sp³-hybridized carbons (Fsp3) is 0.727. The Morgan fingerprint density at radius 1 is 1.60 bits per heavy atom. The number of rotatable bonds is 3. The van der Waals surface area contributed by atoms with Crippen LogP contribution in [0.1, 0.15) is 30.5 Å². The summed E-state index contributed by atoms with van der Waals surface area (Å²) in [7, 11) is 4.12. The molecule has 1 N–H and O–H groups in total. The zero-order valence-electron chi connectivity index (χ0n) is 9.48. The zero-order chi connectivity index (χ0) is 10.8. The van der Waals surface area contributed by atoms with Crippen LogP contribution in [0.5, 0.6) is 0 Å². The van der Waals surface area contributed by atoms with Crippen molar-refractivity contribution in [1.29, 1.82) is 0 Å². The van der Waals surface area contributed by atoms with Gasteiger partial charge in [-0.25, -0.2) is 4.98 Å². The highest BCUT2D eigenvalue weighted by Gasteiger charge is 2.20. The number of fused-ring (bicyclic) bond motifs is 1. The molecule has 0 aromatic carbocycles. The minimum atomic E-state index is -0.355. The Morgan fingerprint density at radius 3 is 3.07 bits per heavy atom. The SMILES string of the molecule is CN(C)CCc1cn2c(n1)C(O)CCC2. The molecule has 2 heterocycles. The Kier molecular flexibility index (Phi) is 3.07. The second-order valence-corrected chi connectivity index (χ2v) is 4.50. The number of aryl methyl sites for hydroxylation is 1. The van der Waals surface area contributed by atoms with Crippen LogP contribution in [0.25, 0.3) is 0 Å². The highest BCUT2D eigenvalue weighted by atomic mass is 16.3. The van der Waals surface area contributed by atoms with Crippen molar-refractivity contribution in [2.45, 2.75) is 31.9 Å². The lowest BCUT2D eigenvalue weighted by Crippen LogP contribution is -2.15. The molecular weight excluding hydrogens is 190 g/mol. The number of aliphatic hydroxyl groups is 1. The molecule has 1 aliphatic heterocycles. The quantitative estimate of drug-likeness (QED) is 0.801. The Labute approximate surface area is 90.5 Å². The van der Waals surface area contributed by atoms with Crippen molar-refractivity contribution in [2.75, 3.05) is 20.6 Å². The van der Waals surface area contributed by atoms with Crippen LogP contribution < -0.4 is 0 Å². The molecular formula is C11H19N3O. The first-order valence-electron chi connectivity index (χ1n) is 5.55. The smallest absolute Gasteiger partial charge is 0.137 e. The molecule has 0 spiro atoms. The molecule has 0 saturated carbocycles. The van der Waals surface area contributed by atoms with Crippen LogP contribution in [0.2, 0.25) is 0 Å². The van der Waals surface area contributed by atoms with Gasteiger partial charge in [-0.2, -0.15) is 0 Å². The van der Waals surface area contributed by atoms with Crippen LogP contribution in [0.4, 0.5) is 0 Å². The van der Waals surface area contributed by atoms with E-state index in [1.807, 2.05) is 0 Å². The Morgan fingerprint density at radius 2 is 2.40 bits per heavy atom. The van der Waals surface area contributed by atoms with Gasteiger partial charge in [-0.3, -0.25) is 0 Å². The Hall–Kier alpha value is -0.870. The molecule has 1 aromatic rings. The molecule has 1 aliphatic rings. The number of nitrogens with zero attached hydrogens (tertiary/aromatic N) is 3. The standard InChI is InChI=1S/C11H19N3O/c1-13(2)7-5-9-8-14-6-3-4-10(15)11(14)12-9/h8,10,15H,3-7H2,1-2H3. The van der Waals surface area contributed by atoms with Crippen LogP contribution in [0.3, 0.4) is 0 Å². The lowest BCUT2D eigenvalue weighted by atomic mass is 10.1. The van der Waals surface area contributed by atoms with Gasteiger partial charge in [0.05, 0.1) is 5.69 Å². The van der Waals surface area contributed by atoms with Crippen LogP contribution in [-0.4, -0.2) is 40.2 Å². The maximum absolute atomic E-state index is 9.76. The number of likely N-dealkylation sites (N-methyl/N-ethyl adjacent to an activating group) is 1. The van der Waals surface area contributed by atoms with E-state index in [1.54, 1.807) is 0 Å². The summed E-state index contributed by atoms with van der Waals surface area (Å²) in [6, 6.07) is 0. The minimum Gasteiger partial charge on any atom is -0.385 e. The normalized spacial score (nSPS) is 20.7. The van der Waals surface area contributed by atoms with E-state index < -0.39 is 0 Å². The maximum atomic E-state index is 9.76. The van der Waals surface area contributed by atoms with Crippen LogP contribution >= 0.6 is 0 Å². The first-order valence-corrected chi connectivity index (χ1v) is 5.55. The average molecular weight is 209 g/mol. The van der Waals surface area contributed by atoms with E-state index in [2.05, 4.69) is 34.7 Å². The number of aromatic nitrogens is 2. The average Bonchev–Trinajstić information content (AvgIpc) is 2.59. The summed E-state index contributed by atoms with van der Waals surface area (Å²) in [5.41, 5.74) is 1.10. The minimum absolute atomic E-state index is 0.355. The van der Waals surface area contributed by atoms with E-state index >= 15 is 0 Å². The number of aliphatic hydroxyl groups excluding tert-OH is 1. The van der Waals surface area contributed by atoms with Gasteiger partial charge in [-0.05, 0) is 26.9 Å². The van der Waals surface area contributed by atoms with E-state index in [9.17, 15) is 5.11 Å². The Balaban J connectivity index is 2.08. The molecule has 0 saturated heterocycles. The van der Waals surface area contributed by atoms with Gasteiger partial charge < -0.3 is 14.6 Å². The monoisotopic (exact) mass is 209 g/mol. The lowest BCUT2D eigenvalue weighted by molar-refractivity contribution is 0.133. The second kappa shape index (κ2) is 4.33. The molecule has 0 fully saturated rings. The fourth-order valence-corrected chi connectivity index (χ4v) is 1.97. The van der Waals surface area contributed by atoms with Gasteiger partial charge in [0.2, 0.25) is 0 Å². The summed E-state index contributed by atoms with van der Waals surface area (Å²) in [6.45, 7) is 2.01. The third-order valence-corrected chi connectivity index (χ3v) is 2.85. The molecule has 1 aromatic heterocycles. The summed E-state index contributed by atoms with van der Waals surface area (Å²) < 4.78 is 2.10. The van der Waals surface area contributed by atoms with Gasteiger partial charge >= 0.3 is 0 Å². The van der Waals surface area contributed by atoms with Crippen molar-refractivity contribution < 1.29 is 5.11 Å². The van der Waals surface area contributed by atoms with Crippen molar-refractivity contribution in [2.24, 2.45) is 0 Å². The number of hydrogen-bond donors (Lipinski definition) is 1. The van der Waals surface area contributed by atoms with Crippen molar-refractivity contribution in [3.63, 3.8) is 0 Å². The third kappa shape index (κ3) is 2.38. The summed E-state index contributed by atoms with van der Waals surface area (Å²) in [4.78, 5) is 6.64. The summed E-state index contributed by atoms with van der Waals surface area (Å²) >= 11 is 0. The van der Waals surface area contributed by atoms with Crippen molar-refractivity contribution >= 4 is 0 Å². The topological polar surface area (TPSA) is 41.3 Å². The van der Waals surface area contributed by atoms with Crippen molar-refractivity contribution in [3.05, 3.63) is 17.7 Å². The van der Waals surface area contributed by atoms with Crippen molar-refractivity contribution in [1.82, 2.24) is 14.5 Å². The fourth-order valence-electron chi connectivity index (χ4n) is 1.97. The van der Waals surface area contributed by atoms with E-state index in [1.165, 1.54) is 0 Å². The van der Waals surface area contributed by atoms with Gasteiger partial charge in [-0.15, -0.1) is 0 Å². The van der Waals surface area contributed by atoms with Crippen molar-refractivity contribution in [3.8, 4) is 0 Å². The second-order valence-electron chi connectivity index (χ2n) is 4.50. The largest absolute Gasteiger partial charge is 0.385 e. The summed E-state index contributed by atoms with van der Waals surface area (Å²) in [5, 5.41) is 9.76. The third-order valence-electron chi connectivity index (χ3n) is 2.85. The molecule has 4 nitrogen and oxygen atoms in total. The maximum Gasteiger partial charge on any atom is 0.137 e. The van der Waals surface area contributed by atoms with Crippen LogP contribution in [0.15, 0.2) is 6.20 Å². The molecule has 0 aliphatic carbocycles. The molecule has 1 atom stereocenters. The highest BCUT2D eigenvalue weighted by molar-refractivity contribution is 5.08. The molecule has 0 radical (unpaired) electrons. The van der Waals surface area contributed by atoms with E-state index in [4.69, 9.17) is 0 Å². The molecule has 4 heteroatoms. The molecule has 15 heavy (non-hydrogen) atoms. The summed E-state index contributed by atoms with van der Waals surface area (Å²) in [6.07, 6.45) is 4.59. The van der Waals surface area contributed by atoms with E-state index in [-0.39, 0.29) is 6.10 Å². The van der Waals surface area contributed by atoms with E-state index in [0.29, 0.717) is 0 Å². The predicted molar refractivity (Wildman–Crippen MR) is 58.7 cm³/mol. The van der Waals surface area contributed by atoms with Gasteiger partial charge in [-0.1, -0.05) is 0 Å². The number of hydrogen-bond acceptors (Lipinski definition) is 3. The molecule has 1 unspecified atom stereocenters. The zero-order valence-corrected chi connectivity index (χ0v) is 9.48. The first-order chi connectivity index (χ1) is 7.16. The predicted octanol–water partition coefficient (Wildman–Crippen LogP) is 0.814. The Bertz CT molecular complexity index is 333.